The minimum absolute atomic E-state index is 0.361. The highest BCUT2D eigenvalue weighted by atomic mass is 32.2. The van der Waals surface area contributed by atoms with Crippen LogP contribution in [0.25, 0.3) is 0 Å². The Hall–Kier alpha value is -1.30. The molecule has 1 aromatic rings. The van der Waals surface area contributed by atoms with E-state index in [0.29, 0.717) is 24.3 Å². The summed E-state index contributed by atoms with van der Waals surface area (Å²) in [5, 5.41) is 0. The first kappa shape index (κ1) is 17.5. The van der Waals surface area contributed by atoms with E-state index in [-0.39, 0.29) is 0 Å². The smallest absolute Gasteiger partial charge is 0.222 e. The van der Waals surface area contributed by atoms with Crippen molar-refractivity contribution in [1.82, 2.24) is 14.9 Å². The number of amides is 1. The molecule has 2 aliphatic rings. The van der Waals surface area contributed by atoms with Crippen molar-refractivity contribution in [3.63, 3.8) is 0 Å². The first-order chi connectivity index (χ1) is 11.6. The number of nitrogens with zero attached hydrogens (tertiary/aromatic N) is 4. The highest BCUT2D eigenvalue weighted by Gasteiger charge is 2.39. The second kappa shape index (κ2) is 7.72. The molecule has 2 saturated heterocycles. The largest absolute Gasteiger partial charge is 0.356 e. The van der Waals surface area contributed by atoms with Crippen LogP contribution in [0, 0.1) is 19.8 Å². The van der Waals surface area contributed by atoms with Crippen LogP contribution in [0.5, 0.6) is 0 Å². The summed E-state index contributed by atoms with van der Waals surface area (Å²) in [6, 6.07) is 0.424. The molecule has 2 atom stereocenters. The summed E-state index contributed by atoms with van der Waals surface area (Å²) in [5.74, 6) is 3.14. The van der Waals surface area contributed by atoms with Gasteiger partial charge in [-0.2, -0.15) is 11.8 Å². The normalized spacial score (nSPS) is 24.2. The van der Waals surface area contributed by atoms with Crippen molar-refractivity contribution >= 4 is 23.5 Å². The number of piperidine rings is 2. The molecular weight excluding hydrogens is 320 g/mol. The lowest BCUT2D eigenvalue weighted by molar-refractivity contribution is -0.139. The van der Waals surface area contributed by atoms with Crippen LogP contribution >= 0.6 is 11.8 Å². The summed E-state index contributed by atoms with van der Waals surface area (Å²) < 4.78 is 0. The molecule has 0 radical (unpaired) electrons. The van der Waals surface area contributed by atoms with Crippen LogP contribution in [0.1, 0.15) is 36.9 Å². The first-order valence-electron chi connectivity index (χ1n) is 8.93. The molecule has 5 nitrogen and oxygen atoms in total. The van der Waals surface area contributed by atoms with Crippen molar-refractivity contribution in [2.45, 2.75) is 45.6 Å². The van der Waals surface area contributed by atoms with Gasteiger partial charge in [0.15, 0.2) is 0 Å². The molecule has 3 heterocycles. The number of thioether (sulfide) groups is 1. The maximum absolute atomic E-state index is 12.4. The molecule has 1 aromatic heterocycles. The number of carbonyl (C=O) groups excluding carboxylic acids is 1. The minimum Gasteiger partial charge on any atom is -0.356 e. The Balaban J connectivity index is 1.70. The van der Waals surface area contributed by atoms with Crippen LogP contribution in [-0.4, -0.2) is 58.5 Å². The Morgan fingerprint density at radius 3 is 2.92 bits per heavy atom. The number of rotatable bonds is 5. The third kappa shape index (κ3) is 3.53. The number of hydrogen-bond acceptors (Lipinski definition) is 5. The zero-order valence-corrected chi connectivity index (χ0v) is 15.8. The molecule has 0 spiro atoms. The van der Waals surface area contributed by atoms with Crippen LogP contribution in [0.2, 0.25) is 0 Å². The highest BCUT2D eigenvalue weighted by Crippen LogP contribution is 2.33. The molecule has 132 valence electrons. The fourth-order valence-electron chi connectivity index (χ4n) is 4.06. The molecule has 3 rings (SSSR count). The highest BCUT2D eigenvalue weighted by molar-refractivity contribution is 7.98. The van der Waals surface area contributed by atoms with Gasteiger partial charge in [-0.1, -0.05) is 0 Å². The van der Waals surface area contributed by atoms with E-state index in [0.717, 1.165) is 56.2 Å². The molecule has 6 heteroatoms. The fraction of sp³-hybridized carbons (Fsp3) is 0.722. The summed E-state index contributed by atoms with van der Waals surface area (Å²) in [5.41, 5.74) is 2.24. The molecule has 1 amide bonds. The third-order valence-electron chi connectivity index (χ3n) is 5.50. The number of carbonyl (C=O) groups is 1. The molecule has 0 N–H and O–H groups in total. The predicted molar refractivity (Wildman–Crippen MR) is 99.6 cm³/mol. The molecule has 2 fully saturated rings. The lowest BCUT2D eigenvalue weighted by Gasteiger charge is -2.47. The molecule has 0 aliphatic carbocycles. The van der Waals surface area contributed by atoms with Gasteiger partial charge in [-0.15, -0.1) is 0 Å². The topological polar surface area (TPSA) is 49.3 Å². The maximum atomic E-state index is 12.4. The molecule has 0 unspecified atom stereocenters. The van der Waals surface area contributed by atoms with Gasteiger partial charge in [0.2, 0.25) is 5.91 Å². The third-order valence-corrected chi connectivity index (χ3v) is 6.20. The van der Waals surface area contributed by atoms with Crippen LogP contribution < -0.4 is 4.90 Å². The quantitative estimate of drug-likeness (QED) is 0.766. The minimum atomic E-state index is 0.361. The van der Waals surface area contributed by atoms with Gasteiger partial charge < -0.3 is 9.80 Å². The monoisotopic (exact) mass is 348 g/mol. The standard InChI is InChI=1S/C18H28N4OS/c1-13-14(2)19-12-20-18(13)21-9-7-16-15(11-21)5-6-17(23)22(16)8-4-10-24-3/h12,15-16H,4-11H2,1-3H3/t15-,16+/m0/s1. The van der Waals surface area contributed by atoms with Gasteiger partial charge in [-0.3, -0.25) is 4.79 Å². The summed E-state index contributed by atoms with van der Waals surface area (Å²) in [6.07, 6.45) is 7.68. The van der Waals surface area contributed by atoms with E-state index in [2.05, 4.69) is 32.9 Å². The lowest BCUT2D eigenvalue weighted by Crippen LogP contribution is -2.56. The van der Waals surface area contributed by atoms with Gasteiger partial charge in [0, 0.05) is 43.4 Å². The van der Waals surface area contributed by atoms with Gasteiger partial charge in [0.25, 0.3) is 0 Å². The zero-order chi connectivity index (χ0) is 17.1. The molecule has 24 heavy (non-hydrogen) atoms. The van der Waals surface area contributed by atoms with E-state index in [4.69, 9.17) is 0 Å². The van der Waals surface area contributed by atoms with Crippen molar-refractivity contribution in [2.75, 3.05) is 36.5 Å². The van der Waals surface area contributed by atoms with E-state index in [1.165, 1.54) is 5.56 Å². The molecule has 0 saturated carbocycles. The van der Waals surface area contributed by atoms with Gasteiger partial charge in [0.05, 0.1) is 0 Å². The molecule has 0 aromatic carbocycles. The Morgan fingerprint density at radius 2 is 2.12 bits per heavy atom. The van der Waals surface area contributed by atoms with Gasteiger partial charge in [-0.05, 0) is 51.0 Å². The average Bonchev–Trinajstić information content (AvgIpc) is 2.59. The summed E-state index contributed by atoms with van der Waals surface area (Å²) >= 11 is 1.86. The van der Waals surface area contributed by atoms with Crippen LogP contribution in [-0.2, 0) is 4.79 Å². The molecule has 0 bridgehead atoms. The SMILES string of the molecule is CSCCCN1C(=O)CC[C@H]2CN(c3ncnc(C)c3C)CC[C@H]21. The molecule has 2 aliphatic heterocycles. The van der Waals surface area contributed by atoms with E-state index in [1.54, 1.807) is 6.33 Å². The fourth-order valence-corrected chi connectivity index (χ4v) is 4.48. The van der Waals surface area contributed by atoms with Gasteiger partial charge >= 0.3 is 0 Å². The Bertz CT molecular complexity index is 594. The van der Waals surface area contributed by atoms with Crippen LogP contribution in [0.15, 0.2) is 6.33 Å². The van der Waals surface area contributed by atoms with Crippen LogP contribution in [0.3, 0.4) is 0 Å². The number of fused-ring (bicyclic) bond motifs is 1. The van der Waals surface area contributed by atoms with Crippen LogP contribution in [0.4, 0.5) is 5.82 Å². The Labute approximate surface area is 149 Å². The Kier molecular flexibility index (Phi) is 5.64. The summed E-state index contributed by atoms with van der Waals surface area (Å²) in [6.45, 7) is 7.06. The van der Waals surface area contributed by atoms with Gasteiger partial charge in [-0.25, -0.2) is 9.97 Å². The van der Waals surface area contributed by atoms with Crippen molar-refractivity contribution < 1.29 is 4.79 Å². The number of likely N-dealkylation sites (tertiary alicyclic amines) is 1. The molecular formula is C18H28N4OS. The lowest BCUT2D eigenvalue weighted by atomic mass is 9.83. The van der Waals surface area contributed by atoms with Crippen molar-refractivity contribution in [1.29, 1.82) is 0 Å². The van der Waals surface area contributed by atoms with Crippen molar-refractivity contribution in [3.8, 4) is 0 Å². The van der Waals surface area contributed by atoms with Gasteiger partial charge in [0.1, 0.15) is 12.1 Å². The van der Waals surface area contributed by atoms with E-state index in [1.807, 2.05) is 18.7 Å². The first-order valence-corrected chi connectivity index (χ1v) is 10.3. The average molecular weight is 349 g/mol. The zero-order valence-electron chi connectivity index (χ0n) is 15.0. The van der Waals surface area contributed by atoms with E-state index in [9.17, 15) is 4.79 Å². The van der Waals surface area contributed by atoms with E-state index >= 15 is 0 Å². The number of anilines is 1. The van der Waals surface area contributed by atoms with E-state index < -0.39 is 0 Å². The predicted octanol–water partition coefficient (Wildman–Crippen LogP) is 2.66. The van der Waals surface area contributed by atoms with Crippen molar-refractivity contribution in [2.24, 2.45) is 5.92 Å². The second-order valence-electron chi connectivity index (χ2n) is 6.94. The maximum Gasteiger partial charge on any atom is 0.222 e. The Morgan fingerprint density at radius 1 is 1.29 bits per heavy atom. The second-order valence-corrected chi connectivity index (χ2v) is 7.93. The number of hydrogen-bond donors (Lipinski definition) is 0. The number of aromatic nitrogens is 2. The van der Waals surface area contributed by atoms with Crippen molar-refractivity contribution in [3.05, 3.63) is 17.6 Å². The number of aryl methyl sites for hydroxylation is 1. The summed E-state index contributed by atoms with van der Waals surface area (Å²) in [7, 11) is 0. The summed E-state index contributed by atoms with van der Waals surface area (Å²) in [4.78, 5) is 25.8.